The number of nitrogens with zero attached hydrogens (tertiary/aromatic N) is 2. The summed E-state index contributed by atoms with van der Waals surface area (Å²) < 4.78 is 0. The Labute approximate surface area is 69.6 Å². The largest absolute Gasteiger partial charge is 0.276 e. The molecule has 8 heteroatoms. The molecular weight excluding hydrogens is 231 g/mol. The molecule has 0 atom stereocenters. The molecule has 0 radical (unpaired) electrons. The van der Waals surface area contributed by atoms with Gasteiger partial charge >= 0.3 is 0 Å². The number of halogens is 2. The quantitative estimate of drug-likeness (QED) is 0.310. The lowest BCUT2D eigenvalue weighted by atomic mass is 11.5. The maximum Gasteiger partial charge on any atom is 0.276 e. The lowest BCUT2D eigenvalue weighted by molar-refractivity contribution is -0.459. The number of hydrogen-bond donors (Lipinski definition) is 0. The molecule has 0 rings (SSSR count). The summed E-state index contributed by atoms with van der Waals surface area (Å²) in [5.74, 6) is 0. The molecule has 0 spiro atoms. The third-order valence-electron chi connectivity index (χ3n) is 0.195. The van der Waals surface area contributed by atoms with Crippen LogP contribution in [-0.4, -0.2) is 21.3 Å². The van der Waals surface area contributed by atoms with Gasteiger partial charge in [-0.2, -0.15) is 0 Å². The van der Waals surface area contributed by atoms with Crippen LogP contribution in [0.5, 0.6) is 0 Å². The minimum Gasteiger partial charge on any atom is -0.264 e. The van der Waals surface area contributed by atoms with Crippen molar-refractivity contribution in [1.82, 2.24) is 0 Å². The fourth-order valence-corrected chi connectivity index (χ4v) is 0. The van der Waals surface area contributed by atoms with Gasteiger partial charge in [-0.05, 0) is 27.5 Å². The van der Waals surface area contributed by atoms with Crippen molar-refractivity contribution in [2.75, 3.05) is 11.5 Å². The molecular formula is C2H4BrClN2O4. The highest BCUT2D eigenvalue weighted by Crippen LogP contribution is 1.74. The summed E-state index contributed by atoms with van der Waals surface area (Å²) in [6, 6.07) is -0.500. The normalized spacial score (nSPS) is 7.40. The van der Waals surface area contributed by atoms with Crippen LogP contribution in [0.4, 0.5) is 0 Å². The van der Waals surface area contributed by atoms with E-state index < -0.39 is 15.9 Å². The summed E-state index contributed by atoms with van der Waals surface area (Å²) in [6.45, 7) is 0. The third-order valence-corrected chi connectivity index (χ3v) is 0.800. The fourth-order valence-electron chi connectivity index (χ4n) is 0. The lowest BCUT2D eigenvalue weighted by Gasteiger charge is -1.72. The smallest absolute Gasteiger partial charge is 0.264 e. The van der Waals surface area contributed by atoms with Gasteiger partial charge in [-0.1, -0.05) is 0 Å². The van der Waals surface area contributed by atoms with Crippen LogP contribution in [0.2, 0.25) is 0 Å². The van der Waals surface area contributed by atoms with E-state index in [2.05, 4.69) is 27.5 Å². The van der Waals surface area contributed by atoms with Crippen LogP contribution in [0.1, 0.15) is 0 Å². The Kier molecular flexibility index (Phi) is 10.5. The summed E-state index contributed by atoms with van der Waals surface area (Å²) >= 11 is 7.25. The van der Waals surface area contributed by atoms with Crippen LogP contribution < -0.4 is 0 Å². The van der Waals surface area contributed by atoms with E-state index in [4.69, 9.17) is 20.2 Å². The molecule has 0 unspecified atom stereocenters. The average molecular weight is 235 g/mol. The summed E-state index contributed by atoms with van der Waals surface area (Å²) in [4.78, 5) is 17.1. The summed E-state index contributed by atoms with van der Waals surface area (Å²) in [5, 5.41) is 18.2. The molecule has 0 fully saturated rings. The molecule has 0 aliphatic rings. The van der Waals surface area contributed by atoms with Crippen LogP contribution in [0.15, 0.2) is 0 Å². The number of alkyl halides is 2. The van der Waals surface area contributed by atoms with E-state index in [1.807, 2.05) is 0 Å². The van der Waals surface area contributed by atoms with Crippen molar-refractivity contribution in [1.29, 1.82) is 0 Å². The first-order valence-electron chi connectivity index (χ1n) is 1.90. The second kappa shape index (κ2) is 8.57. The monoisotopic (exact) mass is 234 g/mol. The van der Waals surface area contributed by atoms with Crippen LogP contribution in [0, 0.1) is 20.2 Å². The minimum atomic E-state index is -0.610. The van der Waals surface area contributed by atoms with Gasteiger partial charge in [-0.3, -0.25) is 20.2 Å². The van der Waals surface area contributed by atoms with E-state index in [1.165, 1.54) is 0 Å². The molecule has 0 saturated carbocycles. The van der Waals surface area contributed by atoms with Gasteiger partial charge in [0, 0.05) is 9.85 Å². The Hall–Kier alpha value is -0.430. The highest BCUT2D eigenvalue weighted by atomic mass is 79.9. The van der Waals surface area contributed by atoms with Crippen molar-refractivity contribution >= 4 is 27.5 Å². The molecule has 10 heavy (non-hydrogen) atoms. The van der Waals surface area contributed by atoms with E-state index in [0.29, 0.717) is 0 Å². The van der Waals surface area contributed by atoms with Gasteiger partial charge in [0.1, 0.15) is 0 Å². The van der Waals surface area contributed by atoms with Crippen LogP contribution in [0.3, 0.4) is 0 Å². The Bertz CT molecular complexity index is 106. The molecule has 0 saturated heterocycles. The van der Waals surface area contributed by atoms with Crippen molar-refractivity contribution in [2.45, 2.75) is 0 Å². The standard InChI is InChI=1S/CH2BrNO2.CH2ClNO2/c2*2-1-3(4)5/h2*1H2. The maximum atomic E-state index is 9.13. The first kappa shape index (κ1) is 12.3. The first-order valence-corrected chi connectivity index (χ1v) is 3.55. The fraction of sp³-hybridized carbons (Fsp3) is 1.00. The lowest BCUT2D eigenvalue weighted by Crippen LogP contribution is -1.89. The highest BCUT2D eigenvalue weighted by molar-refractivity contribution is 9.09. The predicted molar refractivity (Wildman–Crippen MR) is 38.5 cm³/mol. The highest BCUT2D eigenvalue weighted by Gasteiger charge is 1.80. The number of rotatable bonds is 2. The summed E-state index contributed by atoms with van der Waals surface area (Å²) in [5.41, 5.74) is -0.160. The Balaban J connectivity index is 0. The van der Waals surface area contributed by atoms with Gasteiger partial charge in [0.25, 0.3) is 11.5 Å². The van der Waals surface area contributed by atoms with Crippen LogP contribution >= 0.6 is 27.5 Å². The summed E-state index contributed by atoms with van der Waals surface area (Å²) in [7, 11) is 0. The van der Waals surface area contributed by atoms with Crippen molar-refractivity contribution in [2.24, 2.45) is 0 Å². The van der Waals surface area contributed by atoms with E-state index in [9.17, 15) is 0 Å². The molecule has 0 aliphatic carbocycles. The molecule has 6 nitrogen and oxygen atoms in total. The molecule has 0 amide bonds. The Morgan fingerprint density at radius 1 is 1.30 bits per heavy atom. The van der Waals surface area contributed by atoms with E-state index in [1.54, 1.807) is 0 Å². The second-order valence-electron chi connectivity index (χ2n) is 0.905. The Morgan fingerprint density at radius 3 is 1.50 bits per heavy atom. The molecule has 0 heterocycles. The van der Waals surface area contributed by atoms with Crippen molar-refractivity contribution in [3.05, 3.63) is 20.2 Å². The number of nitro groups is 2. The molecule has 60 valence electrons. The maximum absolute atomic E-state index is 9.13. The SMILES string of the molecule is O=[N+]([O-])CBr.O=[N+]([O-])CCl. The van der Waals surface area contributed by atoms with Gasteiger partial charge in [-0.15, -0.1) is 0 Å². The van der Waals surface area contributed by atoms with Gasteiger partial charge in [-0.25, -0.2) is 0 Å². The van der Waals surface area contributed by atoms with Gasteiger partial charge < -0.3 is 0 Å². The van der Waals surface area contributed by atoms with Crippen molar-refractivity contribution in [3.8, 4) is 0 Å². The van der Waals surface area contributed by atoms with E-state index in [-0.39, 0.29) is 5.45 Å². The molecule has 0 aliphatic heterocycles. The van der Waals surface area contributed by atoms with Gasteiger partial charge in [0.2, 0.25) is 0 Å². The van der Waals surface area contributed by atoms with Gasteiger partial charge in [0.05, 0.1) is 0 Å². The van der Waals surface area contributed by atoms with E-state index >= 15 is 0 Å². The van der Waals surface area contributed by atoms with E-state index in [0.717, 1.165) is 0 Å². The molecule has 0 aromatic rings. The topological polar surface area (TPSA) is 86.3 Å². The molecule has 0 N–H and O–H groups in total. The van der Waals surface area contributed by atoms with Crippen molar-refractivity contribution < 1.29 is 9.85 Å². The summed E-state index contributed by atoms with van der Waals surface area (Å²) in [6.07, 6.45) is 0. The average Bonchev–Trinajstić information content (AvgIpc) is 1.89. The first-order chi connectivity index (χ1) is 4.54. The Morgan fingerprint density at radius 2 is 1.50 bits per heavy atom. The van der Waals surface area contributed by atoms with Gasteiger partial charge in [0.15, 0.2) is 0 Å². The minimum absolute atomic E-state index is 0.160. The van der Waals surface area contributed by atoms with Crippen molar-refractivity contribution in [3.63, 3.8) is 0 Å². The zero-order chi connectivity index (χ0) is 8.57. The molecule has 0 aromatic carbocycles. The second-order valence-corrected chi connectivity index (χ2v) is 1.65. The molecule has 0 bridgehead atoms. The number of hydrogen-bond acceptors (Lipinski definition) is 4. The van der Waals surface area contributed by atoms with Crippen LogP contribution in [-0.2, 0) is 0 Å². The third kappa shape index (κ3) is 25.6. The predicted octanol–water partition coefficient (Wildman–Crippen LogP) is 1.07. The molecule has 0 aromatic heterocycles. The zero-order valence-electron chi connectivity index (χ0n) is 4.70. The van der Waals surface area contributed by atoms with Crippen LogP contribution in [0.25, 0.3) is 0 Å². The zero-order valence-corrected chi connectivity index (χ0v) is 7.04.